The number of alkyl carbamates (subject to hydrolysis) is 1. The second kappa shape index (κ2) is 6.85. The van der Waals surface area contributed by atoms with Crippen LogP contribution in [0.3, 0.4) is 0 Å². The van der Waals surface area contributed by atoms with Gasteiger partial charge in [0.15, 0.2) is 5.76 Å². The molecule has 1 aromatic heterocycles. The van der Waals surface area contributed by atoms with Gasteiger partial charge in [-0.25, -0.2) is 4.79 Å². The summed E-state index contributed by atoms with van der Waals surface area (Å²) >= 11 is 0. The Balaban J connectivity index is 2.09. The number of amides is 2. The van der Waals surface area contributed by atoms with Gasteiger partial charge in [0, 0.05) is 12.5 Å². The fourth-order valence-electron chi connectivity index (χ4n) is 2.43. The molecule has 2 N–H and O–H groups in total. The van der Waals surface area contributed by atoms with Crippen LogP contribution < -0.4 is 10.6 Å². The number of carbonyl (C=O) groups excluding carboxylic acids is 3. The monoisotopic (exact) mass is 322 g/mol. The third-order valence-electron chi connectivity index (χ3n) is 3.45. The van der Waals surface area contributed by atoms with E-state index in [1.807, 2.05) is 0 Å². The van der Waals surface area contributed by atoms with E-state index in [-0.39, 0.29) is 29.8 Å². The zero-order valence-corrected chi connectivity index (χ0v) is 13.5. The van der Waals surface area contributed by atoms with Crippen molar-refractivity contribution in [1.29, 1.82) is 0 Å². The van der Waals surface area contributed by atoms with Crippen molar-refractivity contribution in [2.45, 2.75) is 45.3 Å². The van der Waals surface area contributed by atoms with Crippen LogP contribution in [-0.4, -0.2) is 36.0 Å². The summed E-state index contributed by atoms with van der Waals surface area (Å²) in [6, 6.07) is 2.26. The number of rotatable bonds is 5. The number of nitrogens with one attached hydrogen (secondary N) is 2. The number of furan rings is 1. The van der Waals surface area contributed by atoms with E-state index in [0.29, 0.717) is 13.0 Å². The Morgan fingerprint density at radius 1 is 1.48 bits per heavy atom. The Kier molecular flexibility index (Phi) is 5.08. The lowest BCUT2D eigenvalue weighted by molar-refractivity contribution is -0.122. The number of hydrogen-bond acceptors (Lipinski definition) is 5. The zero-order chi connectivity index (χ0) is 17.0. The maximum atomic E-state index is 12.5. The lowest BCUT2D eigenvalue weighted by Gasteiger charge is -2.23. The first kappa shape index (κ1) is 17.1. The molecule has 126 valence electrons. The molecule has 2 amide bonds. The van der Waals surface area contributed by atoms with Gasteiger partial charge in [0.1, 0.15) is 5.60 Å². The molecule has 0 unspecified atom stereocenters. The van der Waals surface area contributed by atoms with E-state index in [2.05, 4.69) is 10.6 Å². The van der Waals surface area contributed by atoms with Gasteiger partial charge in [-0.05, 0) is 45.7 Å². The van der Waals surface area contributed by atoms with Crippen molar-refractivity contribution in [3.05, 3.63) is 24.2 Å². The zero-order valence-electron chi connectivity index (χ0n) is 13.5. The minimum atomic E-state index is -0.871. The number of hydrogen-bond donors (Lipinski definition) is 2. The number of Topliss-reactive ketones (excluding diaryl/α,β-unsaturated/α-hetero) is 1. The number of ether oxygens (including phenoxy) is 1. The largest absolute Gasteiger partial charge is 0.461 e. The molecule has 7 heteroatoms. The van der Waals surface area contributed by atoms with Crippen LogP contribution >= 0.6 is 0 Å². The third kappa shape index (κ3) is 4.84. The molecule has 23 heavy (non-hydrogen) atoms. The molecule has 0 aliphatic carbocycles. The van der Waals surface area contributed by atoms with Crippen molar-refractivity contribution >= 4 is 17.8 Å². The highest BCUT2D eigenvalue weighted by Crippen LogP contribution is 2.19. The van der Waals surface area contributed by atoms with Gasteiger partial charge in [-0.15, -0.1) is 0 Å². The van der Waals surface area contributed by atoms with Crippen molar-refractivity contribution in [1.82, 2.24) is 10.6 Å². The molecule has 1 aromatic rings. The SMILES string of the molecule is CC(C)(C)OC(=O)N[C@@H](C[C@@H]1CCNC1=O)C(=O)c1ccco1. The lowest BCUT2D eigenvalue weighted by Crippen LogP contribution is -2.45. The van der Waals surface area contributed by atoms with E-state index >= 15 is 0 Å². The second-order valence-electron chi connectivity index (χ2n) is 6.55. The summed E-state index contributed by atoms with van der Waals surface area (Å²) in [5, 5.41) is 5.28. The van der Waals surface area contributed by atoms with Crippen LogP contribution in [0.25, 0.3) is 0 Å². The average molecular weight is 322 g/mol. The minimum Gasteiger partial charge on any atom is -0.461 e. The maximum absolute atomic E-state index is 12.5. The summed E-state index contributed by atoms with van der Waals surface area (Å²) in [4.78, 5) is 36.2. The summed E-state index contributed by atoms with van der Waals surface area (Å²) in [7, 11) is 0. The highest BCUT2D eigenvalue weighted by atomic mass is 16.6. The smallest absolute Gasteiger partial charge is 0.408 e. The molecule has 0 radical (unpaired) electrons. The van der Waals surface area contributed by atoms with Gasteiger partial charge in [0.05, 0.1) is 12.3 Å². The summed E-state index contributed by atoms with van der Waals surface area (Å²) in [5.41, 5.74) is -0.674. The van der Waals surface area contributed by atoms with Crippen LogP contribution in [0.4, 0.5) is 4.79 Å². The summed E-state index contributed by atoms with van der Waals surface area (Å²) < 4.78 is 10.3. The maximum Gasteiger partial charge on any atom is 0.408 e. The van der Waals surface area contributed by atoms with E-state index in [9.17, 15) is 14.4 Å². The van der Waals surface area contributed by atoms with Crippen LogP contribution in [0.5, 0.6) is 0 Å². The second-order valence-corrected chi connectivity index (χ2v) is 6.55. The molecule has 2 atom stereocenters. The molecule has 0 bridgehead atoms. The highest BCUT2D eigenvalue weighted by molar-refractivity contribution is 5.99. The Bertz CT molecular complexity index is 574. The van der Waals surface area contributed by atoms with Crippen molar-refractivity contribution in [3.63, 3.8) is 0 Å². The standard InChI is InChI=1S/C16H22N2O5/c1-16(2,3)23-15(21)18-11(9-10-6-7-17-14(10)20)13(19)12-5-4-8-22-12/h4-5,8,10-11H,6-7,9H2,1-3H3,(H,17,20)(H,18,21)/t10-,11-/m0/s1. The van der Waals surface area contributed by atoms with E-state index in [0.717, 1.165) is 0 Å². The molecule has 1 fully saturated rings. The Morgan fingerprint density at radius 2 is 2.22 bits per heavy atom. The van der Waals surface area contributed by atoms with Gasteiger partial charge in [0.25, 0.3) is 0 Å². The van der Waals surface area contributed by atoms with Crippen molar-refractivity contribution in [2.24, 2.45) is 5.92 Å². The molecule has 0 aromatic carbocycles. The molecule has 0 saturated carbocycles. The average Bonchev–Trinajstić information content (AvgIpc) is 3.07. The molecule has 0 spiro atoms. The van der Waals surface area contributed by atoms with E-state index in [1.165, 1.54) is 12.3 Å². The van der Waals surface area contributed by atoms with Gasteiger partial charge in [-0.2, -0.15) is 0 Å². The molecule has 2 rings (SSSR count). The predicted octanol–water partition coefficient (Wildman–Crippen LogP) is 1.88. The lowest BCUT2D eigenvalue weighted by atomic mass is 9.95. The fourth-order valence-corrected chi connectivity index (χ4v) is 2.43. The molecule has 7 nitrogen and oxygen atoms in total. The van der Waals surface area contributed by atoms with Crippen LogP contribution in [0.2, 0.25) is 0 Å². The molecule has 1 aliphatic rings. The summed E-state index contributed by atoms with van der Waals surface area (Å²) in [6.07, 6.45) is 1.54. The quantitative estimate of drug-likeness (QED) is 0.807. The first-order valence-corrected chi connectivity index (χ1v) is 7.61. The Labute approximate surface area is 134 Å². The van der Waals surface area contributed by atoms with Crippen LogP contribution in [0.1, 0.15) is 44.2 Å². The van der Waals surface area contributed by atoms with Crippen molar-refractivity contribution in [3.8, 4) is 0 Å². The van der Waals surface area contributed by atoms with Gasteiger partial charge < -0.3 is 19.8 Å². The van der Waals surface area contributed by atoms with E-state index in [1.54, 1.807) is 26.8 Å². The van der Waals surface area contributed by atoms with E-state index < -0.39 is 17.7 Å². The first-order valence-electron chi connectivity index (χ1n) is 7.61. The van der Waals surface area contributed by atoms with Gasteiger partial charge in [-0.3, -0.25) is 9.59 Å². The molecule has 1 saturated heterocycles. The summed E-state index contributed by atoms with van der Waals surface area (Å²) in [5.74, 6) is -0.646. The third-order valence-corrected chi connectivity index (χ3v) is 3.45. The molecule has 1 aliphatic heterocycles. The molecular formula is C16H22N2O5. The Morgan fingerprint density at radius 3 is 2.74 bits per heavy atom. The Hall–Kier alpha value is -2.31. The fraction of sp³-hybridized carbons (Fsp3) is 0.562. The van der Waals surface area contributed by atoms with Gasteiger partial charge in [0.2, 0.25) is 11.7 Å². The van der Waals surface area contributed by atoms with E-state index in [4.69, 9.17) is 9.15 Å². The first-order chi connectivity index (χ1) is 10.8. The normalized spacial score (nSPS) is 19.1. The van der Waals surface area contributed by atoms with Crippen LogP contribution in [0.15, 0.2) is 22.8 Å². The number of ketones is 1. The topological polar surface area (TPSA) is 97.6 Å². The minimum absolute atomic E-state index is 0.103. The summed E-state index contributed by atoms with van der Waals surface area (Å²) in [6.45, 7) is 5.79. The van der Waals surface area contributed by atoms with Gasteiger partial charge in [-0.1, -0.05) is 0 Å². The molecule has 2 heterocycles. The van der Waals surface area contributed by atoms with Crippen LogP contribution in [0, 0.1) is 5.92 Å². The van der Waals surface area contributed by atoms with Crippen molar-refractivity contribution in [2.75, 3.05) is 6.54 Å². The predicted molar refractivity (Wildman–Crippen MR) is 81.9 cm³/mol. The number of carbonyl (C=O) groups is 3. The van der Waals surface area contributed by atoms with Crippen molar-refractivity contribution < 1.29 is 23.5 Å². The van der Waals surface area contributed by atoms with Crippen LogP contribution in [-0.2, 0) is 9.53 Å². The molecular weight excluding hydrogens is 300 g/mol. The van der Waals surface area contributed by atoms with Gasteiger partial charge >= 0.3 is 6.09 Å². The highest BCUT2D eigenvalue weighted by Gasteiger charge is 2.33.